The highest BCUT2D eigenvalue weighted by molar-refractivity contribution is 5.76. The lowest BCUT2D eigenvalue weighted by Crippen LogP contribution is -2.39. The second kappa shape index (κ2) is 4.95. The molecular formula is C14H16NO2+. The van der Waals surface area contributed by atoms with Gasteiger partial charge in [0.1, 0.15) is 0 Å². The molecule has 0 amide bonds. The average Bonchev–Trinajstić information content (AvgIpc) is 2.29. The molecule has 1 heterocycles. The van der Waals surface area contributed by atoms with Gasteiger partial charge in [-0.05, 0) is 26.0 Å². The van der Waals surface area contributed by atoms with Gasteiger partial charge in [-0.2, -0.15) is 4.57 Å². The topological polar surface area (TPSA) is 30.2 Å². The van der Waals surface area contributed by atoms with E-state index in [1.807, 2.05) is 42.0 Å². The fourth-order valence-electron chi connectivity index (χ4n) is 1.88. The molecule has 0 bridgehead atoms. The number of carbonyl (C=O) groups is 1. The number of benzene rings is 1. The van der Waals surface area contributed by atoms with Crippen LogP contribution in [0, 0.1) is 6.92 Å². The average molecular weight is 230 g/mol. The fourth-order valence-corrected chi connectivity index (χ4v) is 1.88. The van der Waals surface area contributed by atoms with Crippen molar-refractivity contribution in [1.29, 1.82) is 0 Å². The lowest BCUT2D eigenvalue weighted by atomic mass is 10.1. The highest BCUT2D eigenvalue weighted by atomic mass is 16.5. The van der Waals surface area contributed by atoms with E-state index >= 15 is 0 Å². The smallest absolute Gasteiger partial charge is 0.372 e. The van der Waals surface area contributed by atoms with Crippen LogP contribution in [0.4, 0.5) is 0 Å². The maximum atomic E-state index is 11.5. The monoisotopic (exact) mass is 230 g/mol. The van der Waals surface area contributed by atoms with Gasteiger partial charge in [-0.15, -0.1) is 0 Å². The van der Waals surface area contributed by atoms with Crippen molar-refractivity contribution in [2.45, 2.75) is 20.4 Å². The molecule has 0 aliphatic rings. The standard InChI is InChI=1S/C14H16NO2/c1-3-17-14(16)10-15-8-4-5-12-9-11(2)6-7-13(12)15/h4-9H,3,10H2,1-2H3/q+1. The van der Waals surface area contributed by atoms with E-state index in [-0.39, 0.29) is 12.5 Å². The van der Waals surface area contributed by atoms with Crippen molar-refractivity contribution in [3.05, 3.63) is 42.1 Å². The van der Waals surface area contributed by atoms with E-state index in [9.17, 15) is 4.79 Å². The first-order valence-electron chi connectivity index (χ1n) is 5.75. The van der Waals surface area contributed by atoms with Gasteiger partial charge in [-0.1, -0.05) is 11.6 Å². The Bertz CT molecular complexity index is 549. The SMILES string of the molecule is CCOC(=O)C[n+]1cccc2cc(C)ccc21. The first-order chi connectivity index (χ1) is 8.20. The first-order valence-corrected chi connectivity index (χ1v) is 5.75. The van der Waals surface area contributed by atoms with Crippen LogP contribution in [0.1, 0.15) is 12.5 Å². The summed E-state index contributed by atoms with van der Waals surface area (Å²) in [6.07, 6.45) is 1.90. The minimum absolute atomic E-state index is 0.203. The summed E-state index contributed by atoms with van der Waals surface area (Å²) in [5, 5.41) is 1.14. The quantitative estimate of drug-likeness (QED) is 0.596. The summed E-state index contributed by atoms with van der Waals surface area (Å²) in [5.41, 5.74) is 2.26. The Balaban J connectivity index is 2.37. The molecule has 3 heteroatoms. The van der Waals surface area contributed by atoms with Crippen LogP contribution in [0.3, 0.4) is 0 Å². The molecule has 0 fully saturated rings. The Morgan fingerprint density at radius 2 is 2.18 bits per heavy atom. The molecule has 17 heavy (non-hydrogen) atoms. The molecule has 0 radical (unpaired) electrons. The van der Waals surface area contributed by atoms with Gasteiger partial charge in [0.05, 0.1) is 6.61 Å². The Morgan fingerprint density at radius 1 is 1.35 bits per heavy atom. The Hall–Kier alpha value is -1.90. The van der Waals surface area contributed by atoms with E-state index in [0.717, 1.165) is 10.9 Å². The second-order valence-electron chi connectivity index (χ2n) is 4.00. The van der Waals surface area contributed by atoms with Crippen LogP contribution in [0.2, 0.25) is 0 Å². The summed E-state index contributed by atoms with van der Waals surface area (Å²) < 4.78 is 6.87. The molecule has 2 rings (SSSR count). The van der Waals surface area contributed by atoms with Crippen molar-refractivity contribution in [1.82, 2.24) is 0 Å². The van der Waals surface area contributed by atoms with Gasteiger partial charge in [0, 0.05) is 17.5 Å². The van der Waals surface area contributed by atoms with Crippen LogP contribution in [0.15, 0.2) is 36.5 Å². The van der Waals surface area contributed by atoms with Gasteiger partial charge in [0.2, 0.25) is 12.1 Å². The summed E-state index contributed by atoms with van der Waals surface area (Å²) in [4.78, 5) is 11.5. The molecule has 0 saturated carbocycles. The third-order valence-corrected chi connectivity index (χ3v) is 2.64. The summed E-state index contributed by atoms with van der Waals surface area (Å²) >= 11 is 0. The third kappa shape index (κ3) is 2.61. The van der Waals surface area contributed by atoms with Gasteiger partial charge in [0.15, 0.2) is 6.20 Å². The largest absolute Gasteiger partial charge is 0.461 e. The minimum Gasteiger partial charge on any atom is -0.461 e. The molecule has 2 aromatic rings. The number of esters is 1. The molecule has 0 aliphatic heterocycles. The van der Waals surface area contributed by atoms with Gasteiger partial charge >= 0.3 is 5.97 Å². The van der Waals surface area contributed by atoms with Crippen LogP contribution < -0.4 is 4.57 Å². The predicted molar refractivity (Wildman–Crippen MR) is 65.5 cm³/mol. The van der Waals surface area contributed by atoms with Crippen LogP contribution in [-0.4, -0.2) is 12.6 Å². The number of fused-ring (bicyclic) bond motifs is 1. The van der Waals surface area contributed by atoms with Crippen molar-refractivity contribution < 1.29 is 14.1 Å². The van der Waals surface area contributed by atoms with Crippen molar-refractivity contribution in [2.24, 2.45) is 0 Å². The van der Waals surface area contributed by atoms with E-state index in [1.54, 1.807) is 0 Å². The molecule has 1 aromatic heterocycles. The molecular weight excluding hydrogens is 214 g/mol. The molecule has 0 saturated heterocycles. The lowest BCUT2D eigenvalue weighted by Gasteiger charge is -2.02. The van der Waals surface area contributed by atoms with E-state index < -0.39 is 0 Å². The van der Waals surface area contributed by atoms with Crippen LogP contribution in [0.25, 0.3) is 10.9 Å². The number of hydrogen-bond acceptors (Lipinski definition) is 2. The molecule has 0 aliphatic carbocycles. The number of ether oxygens (including phenoxy) is 1. The van der Waals surface area contributed by atoms with E-state index in [2.05, 4.69) is 13.0 Å². The van der Waals surface area contributed by atoms with Crippen molar-refractivity contribution >= 4 is 16.9 Å². The number of hydrogen-bond donors (Lipinski definition) is 0. The Labute approximate surface area is 101 Å². The lowest BCUT2D eigenvalue weighted by molar-refractivity contribution is -0.660. The summed E-state index contributed by atoms with van der Waals surface area (Å²) in [6.45, 7) is 4.55. The number of aryl methyl sites for hydroxylation is 1. The summed E-state index contributed by atoms with van der Waals surface area (Å²) in [5.74, 6) is -0.203. The zero-order chi connectivity index (χ0) is 12.3. The normalized spacial score (nSPS) is 10.5. The maximum absolute atomic E-state index is 11.5. The highest BCUT2D eigenvalue weighted by Gasteiger charge is 2.13. The molecule has 0 atom stereocenters. The molecule has 0 unspecified atom stereocenters. The zero-order valence-electron chi connectivity index (χ0n) is 10.1. The van der Waals surface area contributed by atoms with Gasteiger partial charge in [0.25, 0.3) is 0 Å². The Kier molecular flexibility index (Phi) is 3.38. The highest BCUT2D eigenvalue weighted by Crippen LogP contribution is 2.11. The van der Waals surface area contributed by atoms with E-state index in [4.69, 9.17) is 4.74 Å². The number of nitrogens with zero attached hydrogens (tertiary/aromatic N) is 1. The second-order valence-corrected chi connectivity index (χ2v) is 4.00. The number of pyridine rings is 1. The molecule has 88 valence electrons. The first kappa shape index (κ1) is 11.6. The third-order valence-electron chi connectivity index (χ3n) is 2.64. The van der Waals surface area contributed by atoms with Gasteiger partial charge < -0.3 is 4.74 Å². The van der Waals surface area contributed by atoms with Crippen molar-refractivity contribution in [3.63, 3.8) is 0 Å². The molecule has 3 nitrogen and oxygen atoms in total. The predicted octanol–water partition coefficient (Wildman–Crippen LogP) is 2.00. The Morgan fingerprint density at radius 3 is 2.94 bits per heavy atom. The minimum atomic E-state index is -0.203. The van der Waals surface area contributed by atoms with Crippen molar-refractivity contribution in [3.8, 4) is 0 Å². The number of carbonyl (C=O) groups excluding carboxylic acids is 1. The number of rotatable bonds is 3. The number of aromatic nitrogens is 1. The van der Waals surface area contributed by atoms with Crippen molar-refractivity contribution in [2.75, 3.05) is 6.61 Å². The van der Waals surface area contributed by atoms with Gasteiger partial charge in [-0.25, -0.2) is 4.79 Å². The van der Waals surface area contributed by atoms with E-state index in [0.29, 0.717) is 6.61 Å². The molecule has 1 aromatic carbocycles. The zero-order valence-corrected chi connectivity index (χ0v) is 10.1. The molecule has 0 spiro atoms. The summed E-state index contributed by atoms with van der Waals surface area (Å²) in [6, 6.07) is 10.2. The maximum Gasteiger partial charge on any atom is 0.372 e. The van der Waals surface area contributed by atoms with Crippen LogP contribution in [0.5, 0.6) is 0 Å². The van der Waals surface area contributed by atoms with E-state index in [1.165, 1.54) is 5.56 Å². The summed E-state index contributed by atoms with van der Waals surface area (Å²) in [7, 11) is 0. The van der Waals surface area contributed by atoms with Crippen LogP contribution >= 0.6 is 0 Å². The molecule has 0 N–H and O–H groups in total. The van der Waals surface area contributed by atoms with Gasteiger partial charge in [-0.3, -0.25) is 0 Å². The fraction of sp³-hybridized carbons (Fsp3) is 0.286. The van der Waals surface area contributed by atoms with Crippen LogP contribution in [-0.2, 0) is 16.1 Å².